The van der Waals surface area contributed by atoms with Gasteiger partial charge >= 0.3 is 0 Å². The number of aryl methyl sites for hydroxylation is 2. The SMILES string of the molecule is Cc1ccc(-n2ncc(CCCN)c2C)cc1. The Hall–Kier alpha value is -1.61. The van der Waals surface area contributed by atoms with Gasteiger partial charge in [0.1, 0.15) is 0 Å². The maximum Gasteiger partial charge on any atom is 0.0648 e. The fraction of sp³-hybridized carbons (Fsp3) is 0.357. The molecule has 0 fully saturated rings. The summed E-state index contributed by atoms with van der Waals surface area (Å²) in [6.07, 6.45) is 3.97. The zero-order chi connectivity index (χ0) is 12.3. The fourth-order valence-electron chi connectivity index (χ4n) is 1.93. The lowest BCUT2D eigenvalue weighted by atomic mass is 10.1. The summed E-state index contributed by atoms with van der Waals surface area (Å²) < 4.78 is 1.99. The Morgan fingerprint density at radius 1 is 1.18 bits per heavy atom. The zero-order valence-corrected chi connectivity index (χ0v) is 10.5. The molecule has 0 aliphatic heterocycles. The van der Waals surface area contributed by atoms with Crippen molar-refractivity contribution in [2.24, 2.45) is 5.73 Å². The highest BCUT2D eigenvalue weighted by atomic mass is 15.3. The summed E-state index contributed by atoms with van der Waals surface area (Å²) in [6, 6.07) is 8.41. The first kappa shape index (κ1) is 11.9. The largest absolute Gasteiger partial charge is 0.330 e. The Bertz CT molecular complexity index is 483. The maximum absolute atomic E-state index is 5.53. The van der Waals surface area contributed by atoms with Crippen LogP contribution in [0.5, 0.6) is 0 Å². The van der Waals surface area contributed by atoms with Crippen LogP contribution in [0.3, 0.4) is 0 Å². The lowest BCUT2D eigenvalue weighted by molar-refractivity contribution is 0.815. The molecule has 2 aromatic rings. The second-order valence-corrected chi connectivity index (χ2v) is 4.39. The topological polar surface area (TPSA) is 43.8 Å². The molecule has 3 heteroatoms. The molecule has 1 heterocycles. The third-order valence-electron chi connectivity index (χ3n) is 3.04. The number of nitrogens with zero attached hydrogens (tertiary/aromatic N) is 2. The zero-order valence-electron chi connectivity index (χ0n) is 10.5. The summed E-state index contributed by atoms with van der Waals surface area (Å²) in [4.78, 5) is 0. The van der Waals surface area contributed by atoms with Crippen molar-refractivity contribution in [2.75, 3.05) is 6.54 Å². The highest BCUT2D eigenvalue weighted by molar-refractivity contribution is 5.36. The lowest BCUT2D eigenvalue weighted by Gasteiger charge is -2.05. The molecule has 0 amide bonds. The molecule has 0 bridgehead atoms. The van der Waals surface area contributed by atoms with Crippen molar-refractivity contribution in [3.8, 4) is 5.69 Å². The van der Waals surface area contributed by atoms with Crippen molar-refractivity contribution in [1.29, 1.82) is 0 Å². The average Bonchev–Trinajstić information content (AvgIpc) is 2.69. The van der Waals surface area contributed by atoms with Crippen molar-refractivity contribution in [1.82, 2.24) is 9.78 Å². The van der Waals surface area contributed by atoms with E-state index in [1.165, 1.54) is 16.8 Å². The smallest absolute Gasteiger partial charge is 0.0648 e. The number of hydrogen-bond acceptors (Lipinski definition) is 2. The monoisotopic (exact) mass is 229 g/mol. The number of hydrogen-bond donors (Lipinski definition) is 1. The fourth-order valence-corrected chi connectivity index (χ4v) is 1.93. The van der Waals surface area contributed by atoms with Crippen LogP contribution >= 0.6 is 0 Å². The first-order valence-corrected chi connectivity index (χ1v) is 6.03. The van der Waals surface area contributed by atoms with Gasteiger partial charge in [0.2, 0.25) is 0 Å². The third-order valence-corrected chi connectivity index (χ3v) is 3.04. The van der Waals surface area contributed by atoms with Crippen LogP contribution in [-0.2, 0) is 6.42 Å². The number of nitrogens with two attached hydrogens (primary N) is 1. The molecule has 1 aromatic carbocycles. The Balaban J connectivity index is 2.27. The minimum Gasteiger partial charge on any atom is -0.330 e. The predicted octanol–water partition coefficient (Wildman–Crippen LogP) is 2.38. The van der Waals surface area contributed by atoms with Gasteiger partial charge in [0.15, 0.2) is 0 Å². The predicted molar refractivity (Wildman–Crippen MR) is 70.4 cm³/mol. The van der Waals surface area contributed by atoms with Crippen LogP contribution in [0.4, 0.5) is 0 Å². The van der Waals surface area contributed by atoms with Crippen molar-refractivity contribution >= 4 is 0 Å². The molecule has 0 atom stereocenters. The summed E-state index contributed by atoms with van der Waals surface area (Å²) in [5.41, 5.74) is 10.4. The van der Waals surface area contributed by atoms with E-state index in [0.717, 1.165) is 25.1 Å². The van der Waals surface area contributed by atoms with E-state index in [2.05, 4.69) is 43.2 Å². The molecule has 2 rings (SSSR count). The second kappa shape index (κ2) is 5.15. The average molecular weight is 229 g/mol. The van der Waals surface area contributed by atoms with E-state index < -0.39 is 0 Å². The molecule has 0 saturated carbocycles. The van der Waals surface area contributed by atoms with Gasteiger partial charge in [0.05, 0.1) is 11.9 Å². The van der Waals surface area contributed by atoms with Crippen LogP contribution in [0.25, 0.3) is 5.69 Å². The van der Waals surface area contributed by atoms with Crippen molar-refractivity contribution < 1.29 is 0 Å². The summed E-state index contributed by atoms with van der Waals surface area (Å²) >= 11 is 0. The number of rotatable bonds is 4. The van der Waals surface area contributed by atoms with E-state index in [0.29, 0.717) is 0 Å². The third kappa shape index (κ3) is 2.56. The minimum absolute atomic E-state index is 0.731. The molecule has 1 aromatic heterocycles. The van der Waals surface area contributed by atoms with Crippen molar-refractivity contribution in [3.63, 3.8) is 0 Å². The molecule has 0 aliphatic rings. The highest BCUT2D eigenvalue weighted by Gasteiger charge is 2.07. The van der Waals surface area contributed by atoms with E-state index in [1.807, 2.05) is 10.9 Å². The molecule has 0 aliphatic carbocycles. The molecule has 3 nitrogen and oxygen atoms in total. The molecule has 2 N–H and O–H groups in total. The van der Waals surface area contributed by atoms with Crippen molar-refractivity contribution in [2.45, 2.75) is 26.7 Å². The minimum atomic E-state index is 0.731. The second-order valence-electron chi connectivity index (χ2n) is 4.39. The molecule has 17 heavy (non-hydrogen) atoms. The Morgan fingerprint density at radius 3 is 2.53 bits per heavy atom. The van der Waals surface area contributed by atoms with Crippen molar-refractivity contribution in [3.05, 3.63) is 47.3 Å². The summed E-state index contributed by atoms with van der Waals surface area (Å²) in [7, 11) is 0. The van der Waals surface area contributed by atoms with E-state index in [4.69, 9.17) is 5.73 Å². The maximum atomic E-state index is 5.53. The molecule has 0 saturated heterocycles. The lowest BCUT2D eigenvalue weighted by Crippen LogP contribution is -2.02. The molecular formula is C14H19N3. The Morgan fingerprint density at radius 2 is 1.88 bits per heavy atom. The van der Waals surface area contributed by atoms with Gasteiger partial charge in [0.25, 0.3) is 0 Å². The molecule has 0 unspecified atom stereocenters. The van der Waals surface area contributed by atoms with Gasteiger partial charge in [-0.15, -0.1) is 0 Å². The quantitative estimate of drug-likeness (QED) is 0.874. The number of benzene rings is 1. The van der Waals surface area contributed by atoms with E-state index in [-0.39, 0.29) is 0 Å². The van der Waals surface area contributed by atoms with Crippen LogP contribution in [0, 0.1) is 13.8 Å². The molecular weight excluding hydrogens is 210 g/mol. The highest BCUT2D eigenvalue weighted by Crippen LogP contribution is 2.15. The van der Waals surface area contributed by atoms with E-state index >= 15 is 0 Å². The van der Waals surface area contributed by atoms with Crippen LogP contribution in [-0.4, -0.2) is 16.3 Å². The van der Waals surface area contributed by atoms with Gasteiger partial charge in [-0.05, 0) is 50.9 Å². The van der Waals surface area contributed by atoms with Gasteiger partial charge in [-0.2, -0.15) is 5.10 Å². The standard InChI is InChI=1S/C14H19N3/c1-11-5-7-14(8-6-11)17-12(2)13(10-16-17)4-3-9-15/h5-8,10H,3-4,9,15H2,1-2H3. The summed E-state index contributed by atoms with van der Waals surface area (Å²) in [5, 5.41) is 4.44. The van der Waals surface area contributed by atoms with Crippen LogP contribution in [0.15, 0.2) is 30.5 Å². The molecule has 0 radical (unpaired) electrons. The molecule has 0 spiro atoms. The Kier molecular flexibility index (Phi) is 3.59. The van der Waals surface area contributed by atoms with Crippen LogP contribution in [0.2, 0.25) is 0 Å². The van der Waals surface area contributed by atoms with Gasteiger partial charge in [-0.1, -0.05) is 17.7 Å². The van der Waals surface area contributed by atoms with Gasteiger partial charge in [-0.25, -0.2) is 4.68 Å². The first-order valence-electron chi connectivity index (χ1n) is 6.03. The van der Waals surface area contributed by atoms with E-state index in [1.54, 1.807) is 0 Å². The number of aromatic nitrogens is 2. The Labute approximate surface area is 102 Å². The summed E-state index contributed by atoms with van der Waals surface area (Å²) in [5.74, 6) is 0. The normalized spacial score (nSPS) is 10.8. The van der Waals surface area contributed by atoms with Gasteiger partial charge in [0, 0.05) is 5.69 Å². The summed E-state index contributed by atoms with van der Waals surface area (Å²) in [6.45, 7) is 4.93. The van der Waals surface area contributed by atoms with Gasteiger partial charge in [-0.3, -0.25) is 0 Å². The van der Waals surface area contributed by atoms with E-state index in [9.17, 15) is 0 Å². The first-order chi connectivity index (χ1) is 8.22. The van der Waals surface area contributed by atoms with Crippen LogP contribution in [0.1, 0.15) is 23.2 Å². The van der Waals surface area contributed by atoms with Crippen LogP contribution < -0.4 is 5.73 Å². The van der Waals surface area contributed by atoms with Gasteiger partial charge < -0.3 is 5.73 Å². The molecule has 90 valence electrons.